The average Bonchev–Trinajstić information content (AvgIpc) is 2.80. The standard InChI is InChI=1S/C14H18N4O3S.ClH/c1-17(10-13(19)18-8-6-15-7-9-18)14-11-4-2-3-5-12(11)22(20,21)16-14;/h2-5,15H,6-10H2,1H3;1H. The minimum Gasteiger partial charge on any atom is -0.349 e. The summed E-state index contributed by atoms with van der Waals surface area (Å²) in [6.07, 6.45) is 0. The van der Waals surface area contributed by atoms with Gasteiger partial charge in [0, 0.05) is 38.8 Å². The van der Waals surface area contributed by atoms with Gasteiger partial charge < -0.3 is 15.1 Å². The van der Waals surface area contributed by atoms with Crippen LogP contribution in [0.4, 0.5) is 0 Å². The largest absolute Gasteiger partial charge is 0.349 e. The van der Waals surface area contributed by atoms with Gasteiger partial charge in [-0.3, -0.25) is 4.79 Å². The molecule has 0 spiro atoms. The first-order chi connectivity index (χ1) is 10.5. The van der Waals surface area contributed by atoms with Crippen molar-refractivity contribution in [2.45, 2.75) is 4.90 Å². The lowest BCUT2D eigenvalue weighted by atomic mass is 10.2. The molecule has 3 rings (SSSR count). The molecule has 2 heterocycles. The van der Waals surface area contributed by atoms with Crippen LogP contribution in [0.3, 0.4) is 0 Å². The number of hydrogen-bond donors (Lipinski definition) is 1. The van der Waals surface area contributed by atoms with Crippen LogP contribution in [0.5, 0.6) is 0 Å². The van der Waals surface area contributed by atoms with E-state index in [2.05, 4.69) is 9.71 Å². The van der Waals surface area contributed by atoms with Gasteiger partial charge in [-0.25, -0.2) is 0 Å². The van der Waals surface area contributed by atoms with Gasteiger partial charge in [0.1, 0.15) is 4.90 Å². The Morgan fingerprint density at radius 1 is 1.30 bits per heavy atom. The third-order valence-corrected chi connectivity index (χ3v) is 5.14. The van der Waals surface area contributed by atoms with Crippen molar-refractivity contribution >= 4 is 34.2 Å². The lowest BCUT2D eigenvalue weighted by Gasteiger charge is -2.29. The SMILES string of the molecule is CN(CC(=O)N1CCNCC1)C1=NS(=O)(=O)c2ccccc21.Cl. The predicted molar refractivity (Wildman–Crippen MR) is 89.5 cm³/mol. The van der Waals surface area contributed by atoms with Crippen molar-refractivity contribution < 1.29 is 13.2 Å². The number of fused-ring (bicyclic) bond motifs is 1. The third-order valence-electron chi connectivity index (χ3n) is 3.82. The Morgan fingerprint density at radius 2 is 1.96 bits per heavy atom. The number of carbonyl (C=O) groups is 1. The Balaban J connectivity index is 0.00000192. The molecule has 0 unspecified atom stereocenters. The molecule has 2 aliphatic rings. The quantitative estimate of drug-likeness (QED) is 0.799. The fourth-order valence-electron chi connectivity index (χ4n) is 2.66. The topological polar surface area (TPSA) is 82.1 Å². The van der Waals surface area contributed by atoms with Gasteiger partial charge in [-0.05, 0) is 12.1 Å². The highest BCUT2D eigenvalue weighted by Crippen LogP contribution is 2.26. The van der Waals surface area contributed by atoms with E-state index in [0.29, 0.717) is 24.5 Å². The second kappa shape index (κ2) is 6.86. The molecule has 1 amide bonds. The molecule has 0 saturated carbocycles. The van der Waals surface area contributed by atoms with Gasteiger partial charge >= 0.3 is 0 Å². The number of halogens is 1. The van der Waals surface area contributed by atoms with E-state index >= 15 is 0 Å². The molecule has 0 aliphatic carbocycles. The molecule has 7 nitrogen and oxygen atoms in total. The van der Waals surface area contributed by atoms with E-state index in [1.807, 2.05) is 0 Å². The molecule has 1 N–H and O–H groups in total. The van der Waals surface area contributed by atoms with Crippen molar-refractivity contribution in [2.75, 3.05) is 39.8 Å². The maximum absolute atomic E-state index is 12.3. The lowest BCUT2D eigenvalue weighted by molar-refractivity contribution is -0.131. The number of sulfonamides is 1. The highest BCUT2D eigenvalue weighted by atomic mass is 35.5. The number of likely N-dealkylation sites (N-methyl/N-ethyl adjacent to an activating group) is 1. The predicted octanol–water partition coefficient (Wildman–Crippen LogP) is -0.0791. The van der Waals surface area contributed by atoms with Crippen LogP contribution in [0, 0.1) is 0 Å². The van der Waals surface area contributed by atoms with E-state index in [0.717, 1.165) is 13.1 Å². The summed E-state index contributed by atoms with van der Waals surface area (Å²) in [5.74, 6) is 0.313. The van der Waals surface area contributed by atoms with Gasteiger partial charge in [0.05, 0.1) is 6.54 Å². The number of hydrogen-bond acceptors (Lipinski definition) is 5. The second-order valence-corrected chi connectivity index (χ2v) is 6.95. The first kappa shape index (κ1) is 17.7. The Morgan fingerprint density at radius 3 is 2.65 bits per heavy atom. The zero-order chi connectivity index (χ0) is 15.7. The highest BCUT2D eigenvalue weighted by Gasteiger charge is 2.31. The van der Waals surface area contributed by atoms with Crippen molar-refractivity contribution in [1.82, 2.24) is 15.1 Å². The molecule has 1 fully saturated rings. The number of rotatable bonds is 2. The molecule has 0 radical (unpaired) electrons. The molecule has 0 bridgehead atoms. The fourth-order valence-corrected chi connectivity index (χ4v) is 3.91. The van der Waals surface area contributed by atoms with Crippen LogP contribution < -0.4 is 5.32 Å². The first-order valence-corrected chi connectivity index (χ1v) is 8.57. The van der Waals surface area contributed by atoms with Crippen LogP contribution in [0.2, 0.25) is 0 Å². The number of benzene rings is 1. The van der Waals surface area contributed by atoms with Crippen LogP contribution in [0.15, 0.2) is 33.6 Å². The molecule has 1 saturated heterocycles. The van der Waals surface area contributed by atoms with Crippen molar-refractivity contribution in [3.05, 3.63) is 29.8 Å². The number of carbonyl (C=O) groups excluding carboxylic acids is 1. The molecule has 0 atom stereocenters. The third kappa shape index (κ3) is 3.49. The summed E-state index contributed by atoms with van der Waals surface area (Å²) in [4.78, 5) is 15.9. The van der Waals surface area contributed by atoms with E-state index in [9.17, 15) is 13.2 Å². The van der Waals surface area contributed by atoms with Crippen LogP contribution in [-0.2, 0) is 14.8 Å². The van der Waals surface area contributed by atoms with Crippen molar-refractivity contribution in [3.63, 3.8) is 0 Å². The Bertz CT molecular complexity index is 729. The smallest absolute Gasteiger partial charge is 0.285 e. The van der Waals surface area contributed by atoms with Gasteiger partial charge in [0.25, 0.3) is 10.0 Å². The van der Waals surface area contributed by atoms with Crippen LogP contribution in [0.25, 0.3) is 0 Å². The molecule has 2 aliphatic heterocycles. The summed E-state index contributed by atoms with van der Waals surface area (Å²) >= 11 is 0. The Kier molecular flexibility index (Phi) is 5.28. The maximum atomic E-state index is 12.3. The minimum atomic E-state index is -3.65. The molecule has 126 valence electrons. The first-order valence-electron chi connectivity index (χ1n) is 7.13. The van der Waals surface area contributed by atoms with Crippen LogP contribution in [0.1, 0.15) is 5.56 Å². The Labute approximate surface area is 141 Å². The molecular formula is C14H19ClN4O3S. The second-order valence-electron chi connectivity index (χ2n) is 5.37. The monoisotopic (exact) mass is 358 g/mol. The van der Waals surface area contributed by atoms with Crippen LogP contribution >= 0.6 is 12.4 Å². The van der Waals surface area contributed by atoms with Crippen LogP contribution in [-0.4, -0.2) is 69.7 Å². The zero-order valence-electron chi connectivity index (χ0n) is 12.7. The summed E-state index contributed by atoms with van der Waals surface area (Å²) in [7, 11) is -1.96. The van der Waals surface area contributed by atoms with Gasteiger partial charge in [-0.2, -0.15) is 8.42 Å². The van der Waals surface area contributed by atoms with Crippen molar-refractivity contribution in [1.29, 1.82) is 0 Å². The Hall–Kier alpha value is -1.64. The molecule has 0 aromatic heterocycles. The number of piperazine rings is 1. The summed E-state index contributed by atoms with van der Waals surface area (Å²) < 4.78 is 27.9. The lowest BCUT2D eigenvalue weighted by Crippen LogP contribution is -2.49. The van der Waals surface area contributed by atoms with E-state index in [4.69, 9.17) is 0 Å². The molecular weight excluding hydrogens is 340 g/mol. The summed E-state index contributed by atoms with van der Waals surface area (Å²) in [6.45, 7) is 3.03. The van der Waals surface area contributed by atoms with Gasteiger partial charge in [0.2, 0.25) is 5.91 Å². The normalized spacial score (nSPS) is 18.7. The van der Waals surface area contributed by atoms with E-state index in [-0.39, 0.29) is 29.8 Å². The molecule has 1 aromatic rings. The van der Waals surface area contributed by atoms with Crippen molar-refractivity contribution in [3.8, 4) is 0 Å². The number of amidine groups is 1. The van der Waals surface area contributed by atoms with Crippen molar-refractivity contribution in [2.24, 2.45) is 4.40 Å². The molecule has 23 heavy (non-hydrogen) atoms. The van der Waals surface area contributed by atoms with E-state index in [1.165, 1.54) is 6.07 Å². The number of nitrogens with one attached hydrogen (secondary N) is 1. The maximum Gasteiger partial charge on any atom is 0.285 e. The zero-order valence-corrected chi connectivity index (χ0v) is 14.4. The van der Waals surface area contributed by atoms with Gasteiger partial charge in [-0.15, -0.1) is 16.8 Å². The van der Waals surface area contributed by atoms with E-state index < -0.39 is 10.0 Å². The summed E-state index contributed by atoms with van der Waals surface area (Å²) in [5.41, 5.74) is 0.554. The van der Waals surface area contributed by atoms with Gasteiger partial charge in [0.15, 0.2) is 5.84 Å². The number of amides is 1. The highest BCUT2D eigenvalue weighted by molar-refractivity contribution is 7.90. The molecule has 1 aromatic carbocycles. The van der Waals surface area contributed by atoms with E-state index in [1.54, 1.807) is 35.0 Å². The molecule has 9 heteroatoms. The summed E-state index contributed by atoms with van der Waals surface area (Å²) in [5, 5.41) is 3.19. The summed E-state index contributed by atoms with van der Waals surface area (Å²) in [6, 6.07) is 6.68. The van der Waals surface area contributed by atoms with Gasteiger partial charge in [-0.1, -0.05) is 12.1 Å². The number of nitrogens with zero attached hydrogens (tertiary/aromatic N) is 3. The average molecular weight is 359 g/mol. The minimum absolute atomic E-state index is 0. The fraction of sp³-hybridized carbons (Fsp3) is 0.429.